The average Bonchev–Trinajstić information content (AvgIpc) is 2.66. The molecule has 0 spiro atoms. The molecule has 114 valence electrons. The number of nitrogens with two attached hydrogens (primary N) is 1. The van der Waals surface area contributed by atoms with Gasteiger partial charge in [-0.15, -0.1) is 0 Å². The summed E-state index contributed by atoms with van der Waals surface area (Å²) in [6.07, 6.45) is 5.44. The van der Waals surface area contributed by atoms with Crippen LogP contribution in [0.5, 0.6) is 0 Å². The van der Waals surface area contributed by atoms with Gasteiger partial charge in [0.1, 0.15) is 17.3 Å². The Kier molecular flexibility index (Phi) is 3.64. The molecule has 0 amide bonds. The maximum Gasteiger partial charge on any atom is 0.146 e. The summed E-state index contributed by atoms with van der Waals surface area (Å²) in [6.45, 7) is 9.69. The third-order valence-electron chi connectivity index (χ3n) is 5.31. The van der Waals surface area contributed by atoms with Crippen LogP contribution in [0, 0.1) is 32.6 Å². The van der Waals surface area contributed by atoms with Crippen LogP contribution in [0.25, 0.3) is 11.0 Å². The van der Waals surface area contributed by atoms with Gasteiger partial charge in [-0.05, 0) is 44.6 Å². The first kappa shape index (κ1) is 14.4. The van der Waals surface area contributed by atoms with Gasteiger partial charge < -0.3 is 10.3 Å². The number of anilines is 1. The molecule has 0 saturated heterocycles. The maximum absolute atomic E-state index is 6.14. The van der Waals surface area contributed by atoms with Crippen LogP contribution in [0.4, 0.5) is 5.82 Å². The van der Waals surface area contributed by atoms with E-state index < -0.39 is 0 Å². The molecule has 21 heavy (non-hydrogen) atoms. The second-order valence-electron chi connectivity index (χ2n) is 6.70. The van der Waals surface area contributed by atoms with Crippen molar-refractivity contribution in [3.8, 4) is 0 Å². The van der Waals surface area contributed by atoms with Gasteiger partial charge >= 0.3 is 0 Å². The Bertz CT molecular complexity index is 671. The minimum absolute atomic E-state index is 0.619. The molecule has 1 aliphatic carbocycles. The topological polar surface area (TPSA) is 56.7 Å². The van der Waals surface area contributed by atoms with Crippen LogP contribution < -0.4 is 5.73 Å². The summed E-state index contributed by atoms with van der Waals surface area (Å²) < 4.78 is 2.38. The Morgan fingerprint density at radius 1 is 1.14 bits per heavy atom. The molecule has 2 unspecified atom stereocenters. The average molecular weight is 286 g/mol. The molecular weight excluding hydrogens is 260 g/mol. The fraction of sp³-hybridized carbons (Fsp3) is 0.647. The number of aromatic nitrogens is 3. The Labute approximate surface area is 126 Å². The van der Waals surface area contributed by atoms with Crippen molar-refractivity contribution in [2.75, 3.05) is 5.73 Å². The summed E-state index contributed by atoms with van der Waals surface area (Å²) in [6, 6.07) is 0. The molecule has 2 N–H and O–H groups in total. The molecule has 3 rings (SSSR count). The van der Waals surface area contributed by atoms with E-state index in [9.17, 15) is 0 Å². The van der Waals surface area contributed by atoms with E-state index in [2.05, 4.69) is 35.3 Å². The van der Waals surface area contributed by atoms with Crippen molar-refractivity contribution in [2.24, 2.45) is 11.8 Å². The SMILES string of the molecule is Cc1nc(N)c2c(C)c(C)n(CC3CCCCC3C)c2n1. The molecule has 1 aliphatic rings. The molecule has 0 aromatic carbocycles. The van der Waals surface area contributed by atoms with Crippen LogP contribution in [0.2, 0.25) is 0 Å². The minimum Gasteiger partial charge on any atom is -0.383 e. The van der Waals surface area contributed by atoms with Gasteiger partial charge in [0.15, 0.2) is 0 Å². The molecule has 0 aliphatic heterocycles. The molecule has 1 fully saturated rings. The number of aryl methyl sites for hydroxylation is 2. The molecule has 2 aromatic heterocycles. The molecule has 1 saturated carbocycles. The Morgan fingerprint density at radius 2 is 1.86 bits per heavy atom. The van der Waals surface area contributed by atoms with Gasteiger partial charge in [0, 0.05) is 12.2 Å². The lowest BCUT2D eigenvalue weighted by Crippen LogP contribution is -2.22. The second-order valence-corrected chi connectivity index (χ2v) is 6.70. The number of nitrogen functional groups attached to an aromatic ring is 1. The van der Waals surface area contributed by atoms with Gasteiger partial charge in [-0.2, -0.15) is 0 Å². The summed E-state index contributed by atoms with van der Waals surface area (Å²) in [4.78, 5) is 9.01. The summed E-state index contributed by atoms with van der Waals surface area (Å²) in [5.41, 5.74) is 9.67. The van der Waals surface area contributed by atoms with Gasteiger partial charge in [0.25, 0.3) is 0 Å². The van der Waals surface area contributed by atoms with Crippen molar-refractivity contribution < 1.29 is 0 Å². The van der Waals surface area contributed by atoms with Gasteiger partial charge in [-0.25, -0.2) is 9.97 Å². The standard InChI is InChI=1S/C17H26N4/c1-10-7-5-6-8-14(10)9-21-12(3)11(2)15-16(18)19-13(4)20-17(15)21/h10,14H,5-9H2,1-4H3,(H2,18,19,20). The third kappa shape index (κ3) is 2.41. The Balaban J connectivity index is 2.07. The molecule has 2 aromatic rings. The van der Waals surface area contributed by atoms with Crippen molar-refractivity contribution in [1.29, 1.82) is 0 Å². The molecule has 0 bridgehead atoms. The summed E-state index contributed by atoms with van der Waals surface area (Å²) >= 11 is 0. The molecule has 2 atom stereocenters. The number of fused-ring (bicyclic) bond motifs is 1. The van der Waals surface area contributed by atoms with E-state index >= 15 is 0 Å². The lowest BCUT2D eigenvalue weighted by molar-refractivity contribution is 0.229. The lowest BCUT2D eigenvalue weighted by Gasteiger charge is -2.29. The number of rotatable bonds is 2. The van der Waals surface area contributed by atoms with Crippen LogP contribution in [0.3, 0.4) is 0 Å². The fourth-order valence-electron chi connectivity index (χ4n) is 3.80. The fourth-order valence-corrected chi connectivity index (χ4v) is 3.80. The van der Waals surface area contributed by atoms with E-state index in [1.807, 2.05) is 6.92 Å². The summed E-state index contributed by atoms with van der Waals surface area (Å²) in [5.74, 6) is 2.93. The Morgan fingerprint density at radius 3 is 2.57 bits per heavy atom. The predicted octanol–water partition coefficient (Wildman–Crippen LogP) is 3.77. The van der Waals surface area contributed by atoms with Crippen LogP contribution in [-0.4, -0.2) is 14.5 Å². The van der Waals surface area contributed by atoms with Crippen LogP contribution in [0.15, 0.2) is 0 Å². The van der Waals surface area contributed by atoms with Crippen molar-refractivity contribution in [2.45, 2.75) is 59.9 Å². The van der Waals surface area contributed by atoms with Crippen LogP contribution in [-0.2, 0) is 6.54 Å². The van der Waals surface area contributed by atoms with E-state index in [-0.39, 0.29) is 0 Å². The number of nitrogens with zero attached hydrogens (tertiary/aromatic N) is 3. The van der Waals surface area contributed by atoms with Crippen molar-refractivity contribution >= 4 is 16.9 Å². The molecule has 4 nitrogen and oxygen atoms in total. The molecular formula is C17H26N4. The zero-order chi connectivity index (χ0) is 15.1. The third-order valence-corrected chi connectivity index (χ3v) is 5.31. The largest absolute Gasteiger partial charge is 0.383 e. The normalized spacial score (nSPS) is 22.9. The van der Waals surface area contributed by atoms with Gasteiger partial charge in [0.05, 0.1) is 5.39 Å². The van der Waals surface area contributed by atoms with Crippen LogP contribution >= 0.6 is 0 Å². The van der Waals surface area contributed by atoms with E-state index in [0.29, 0.717) is 5.82 Å². The zero-order valence-corrected chi connectivity index (χ0v) is 13.6. The maximum atomic E-state index is 6.14. The van der Waals surface area contributed by atoms with E-state index in [1.54, 1.807) is 0 Å². The highest BCUT2D eigenvalue weighted by molar-refractivity contribution is 5.91. The van der Waals surface area contributed by atoms with Crippen molar-refractivity contribution in [1.82, 2.24) is 14.5 Å². The Hall–Kier alpha value is -1.58. The summed E-state index contributed by atoms with van der Waals surface area (Å²) in [5, 5.41) is 1.04. The van der Waals surface area contributed by atoms with Crippen molar-refractivity contribution in [3.05, 3.63) is 17.1 Å². The smallest absolute Gasteiger partial charge is 0.146 e. The van der Waals surface area contributed by atoms with Gasteiger partial charge in [-0.3, -0.25) is 0 Å². The highest BCUT2D eigenvalue weighted by Gasteiger charge is 2.24. The van der Waals surface area contributed by atoms with E-state index in [0.717, 1.165) is 35.2 Å². The molecule has 0 radical (unpaired) electrons. The highest BCUT2D eigenvalue weighted by atomic mass is 15.1. The molecule has 2 heterocycles. The predicted molar refractivity (Wildman–Crippen MR) is 87.3 cm³/mol. The summed E-state index contributed by atoms with van der Waals surface area (Å²) in [7, 11) is 0. The van der Waals surface area contributed by atoms with Gasteiger partial charge in [0.2, 0.25) is 0 Å². The quantitative estimate of drug-likeness (QED) is 0.914. The first-order valence-corrected chi connectivity index (χ1v) is 8.08. The first-order valence-electron chi connectivity index (χ1n) is 8.08. The molecule has 4 heteroatoms. The lowest BCUT2D eigenvalue weighted by atomic mass is 9.80. The van der Waals surface area contributed by atoms with E-state index in [1.165, 1.54) is 36.9 Å². The van der Waals surface area contributed by atoms with Gasteiger partial charge in [-0.1, -0.05) is 26.2 Å². The zero-order valence-electron chi connectivity index (χ0n) is 13.6. The van der Waals surface area contributed by atoms with Crippen LogP contribution in [0.1, 0.15) is 49.7 Å². The number of hydrogen-bond donors (Lipinski definition) is 1. The van der Waals surface area contributed by atoms with Crippen molar-refractivity contribution in [3.63, 3.8) is 0 Å². The second kappa shape index (κ2) is 5.32. The number of hydrogen-bond acceptors (Lipinski definition) is 3. The first-order chi connectivity index (χ1) is 9.99. The minimum atomic E-state index is 0.619. The van der Waals surface area contributed by atoms with E-state index in [4.69, 9.17) is 5.73 Å². The monoisotopic (exact) mass is 286 g/mol. The highest BCUT2D eigenvalue weighted by Crippen LogP contribution is 2.34.